The molecule has 0 aliphatic carbocycles. The number of hydrogen-bond acceptors (Lipinski definition) is 4. The van der Waals surface area contributed by atoms with E-state index >= 15 is 0 Å². The van der Waals surface area contributed by atoms with Crippen LogP contribution in [0.2, 0.25) is 0 Å². The van der Waals surface area contributed by atoms with E-state index in [0.29, 0.717) is 0 Å². The van der Waals surface area contributed by atoms with Gasteiger partial charge in [-0.15, -0.1) is 0 Å². The Kier molecular flexibility index (Phi) is 7.54. The maximum Gasteiger partial charge on any atom is 0.330 e. The predicted octanol–water partition coefficient (Wildman–Crippen LogP) is 0.987. The molecule has 0 aliphatic heterocycles. The van der Waals surface area contributed by atoms with E-state index in [0.717, 1.165) is 18.2 Å². The maximum absolute atomic E-state index is 13.1. The van der Waals surface area contributed by atoms with Crippen LogP contribution >= 0.6 is 0 Å². The highest BCUT2D eigenvalue weighted by Gasteiger charge is 2.17. The lowest BCUT2D eigenvalue weighted by molar-refractivity contribution is -0.137. The van der Waals surface area contributed by atoms with Gasteiger partial charge in [0, 0.05) is 6.08 Å². The zero-order valence-corrected chi connectivity index (χ0v) is 13.1. The monoisotopic (exact) mass is 340 g/mol. The van der Waals surface area contributed by atoms with Gasteiger partial charge in [-0.3, -0.25) is 9.59 Å². The summed E-state index contributed by atoms with van der Waals surface area (Å²) in [5.41, 5.74) is 5.43. The van der Waals surface area contributed by atoms with Crippen LogP contribution in [0.1, 0.15) is 18.9 Å². The fraction of sp³-hybridized carbons (Fsp3) is 0.312. The van der Waals surface area contributed by atoms with Gasteiger partial charge in [0.05, 0.1) is 13.0 Å². The molecule has 3 N–H and O–H groups in total. The highest BCUT2D eigenvalue weighted by atomic mass is 19.2. The number of rotatable bonds is 8. The van der Waals surface area contributed by atoms with E-state index in [1.54, 1.807) is 6.92 Å². The van der Waals surface area contributed by atoms with Gasteiger partial charge in [0.2, 0.25) is 11.8 Å². The van der Waals surface area contributed by atoms with Crippen molar-refractivity contribution in [3.8, 4) is 0 Å². The van der Waals surface area contributed by atoms with E-state index in [-0.39, 0.29) is 25.0 Å². The summed E-state index contributed by atoms with van der Waals surface area (Å²) in [7, 11) is 0. The summed E-state index contributed by atoms with van der Waals surface area (Å²) in [6, 6.07) is 2.03. The van der Waals surface area contributed by atoms with Crippen molar-refractivity contribution >= 4 is 17.8 Å². The molecule has 0 bridgehead atoms. The van der Waals surface area contributed by atoms with Crippen LogP contribution in [0.15, 0.2) is 30.4 Å². The fourth-order valence-electron chi connectivity index (χ4n) is 1.82. The Morgan fingerprint density at radius 3 is 2.58 bits per heavy atom. The number of hydrogen-bond donors (Lipinski definition) is 2. The van der Waals surface area contributed by atoms with Gasteiger partial charge >= 0.3 is 5.97 Å². The summed E-state index contributed by atoms with van der Waals surface area (Å²) in [5, 5.41) is 2.37. The normalized spacial score (nSPS) is 12.0. The minimum Gasteiger partial charge on any atom is -0.463 e. The van der Waals surface area contributed by atoms with Crippen molar-refractivity contribution < 1.29 is 27.9 Å². The van der Waals surface area contributed by atoms with Crippen molar-refractivity contribution in [1.29, 1.82) is 0 Å². The van der Waals surface area contributed by atoms with E-state index < -0.39 is 35.5 Å². The molecule has 6 nitrogen and oxygen atoms in total. The molecule has 0 heterocycles. The molecule has 0 saturated heterocycles. The molecule has 130 valence electrons. The van der Waals surface area contributed by atoms with Gasteiger partial charge in [-0.05, 0) is 31.0 Å². The molecular formula is C16H18F2N2O4. The molecule has 0 aromatic heterocycles. The van der Waals surface area contributed by atoms with Crippen molar-refractivity contribution in [2.45, 2.75) is 25.8 Å². The third-order valence-electron chi connectivity index (χ3n) is 2.94. The van der Waals surface area contributed by atoms with Gasteiger partial charge in [0.1, 0.15) is 6.04 Å². The minimum atomic E-state index is -1.07. The molecule has 8 heteroatoms. The smallest absolute Gasteiger partial charge is 0.330 e. The van der Waals surface area contributed by atoms with Gasteiger partial charge in [-0.2, -0.15) is 0 Å². The molecule has 2 amide bonds. The maximum atomic E-state index is 13.1. The van der Waals surface area contributed by atoms with Crippen molar-refractivity contribution in [1.82, 2.24) is 5.32 Å². The summed E-state index contributed by atoms with van der Waals surface area (Å²) in [4.78, 5) is 34.3. The summed E-state index contributed by atoms with van der Waals surface area (Å²) in [6.07, 6.45) is 2.23. The molecule has 24 heavy (non-hydrogen) atoms. The number of benzene rings is 1. The molecule has 1 rings (SSSR count). The quantitative estimate of drug-likeness (QED) is 0.544. The predicted molar refractivity (Wildman–Crippen MR) is 81.6 cm³/mol. The van der Waals surface area contributed by atoms with Gasteiger partial charge in [-0.25, -0.2) is 13.6 Å². The topological polar surface area (TPSA) is 98.5 Å². The summed E-state index contributed by atoms with van der Waals surface area (Å²) < 4.78 is 30.6. The number of primary amides is 1. The van der Waals surface area contributed by atoms with Crippen molar-refractivity contribution in [2.75, 3.05) is 6.61 Å². The third-order valence-corrected chi connectivity index (χ3v) is 2.94. The lowest BCUT2D eigenvalue weighted by Gasteiger charge is -2.13. The van der Waals surface area contributed by atoms with Gasteiger partial charge in [0.15, 0.2) is 11.6 Å². The second kappa shape index (κ2) is 9.39. The first-order valence-electron chi connectivity index (χ1n) is 7.19. The fourth-order valence-corrected chi connectivity index (χ4v) is 1.82. The van der Waals surface area contributed by atoms with Crippen LogP contribution < -0.4 is 11.1 Å². The number of nitrogens with two attached hydrogens (primary N) is 1. The Bertz CT molecular complexity index is 647. The van der Waals surface area contributed by atoms with E-state index in [1.165, 1.54) is 12.1 Å². The molecule has 1 atom stereocenters. The Labute approximate surface area is 137 Å². The van der Waals surface area contributed by atoms with Gasteiger partial charge in [-0.1, -0.05) is 12.1 Å². The van der Waals surface area contributed by atoms with E-state index in [1.807, 2.05) is 0 Å². The van der Waals surface area contributed by atoms with E-state index in [2.05, 4.69) is 10.1 Å². The first-order valence-corrected chi connectivity index (χ1v) is 7.19. The highest BCUT2D eigenvalue weighted by Crippen LogP contribution is 2.09. The second-order valence-electron chi connectivity index (χ2n) is 4.84. The number of esters is 1. The molecule has 0 fully saturated rings. The van der Waals surface area contributed by atoms with Crippen LogP contribution in [0.5, 0.6) is 0 Å². The first kappa shape index (κ1) is 19.3. The zero-order chi connectivity index (χ0) is 18.1. The highest BCUT2D eigenvalue weighted by molar-refractivity contribution is 5.88. The molecule has 0 saturated carbocycles. The first-order chi connectivity index (χ1) is 11.3. The average Bonchev–Trinajstić information content (AvgIpc) is 2.50. The molecular weight excluding hydrogens is 322 g/mol. The minimum absolute atomic E-state index is 0.00231. The summed E-state index contributed by atoms with van der Waals surface area (Å²) in [6.45, 7) is 1.86. The standard InChI is InChI=1S/C16H18F2N2O4/c1-2-24-15(22)5-3-4-13(16(19)23)20-14(21)9-10-6-7-11(17)12(18)8-10/h3,5-8,13H,2,4,9H2,1H3,(H2,19,23)(H,20,21)/b5-3+/t13-/m0/s1. The van der Waals surface area contributed by atoms with Crippen molar-refractivity contribution in [3.05, 3.63) is 47.5 Å². The number of halogens is 2. The number of nitrogens with one attached hydrogen (secondary N) is 1. The van der Waals surface area contributed by atoms with Gasteiger partial charge < -0.3 is 15.8 Å². The van der Waals surface area contributed by atoms with E-state index in [9.17, 15) is 23.2 Å². The Balaban J connectivity index is 2.60. The molecule has 0 aliphatic rings. The van der Waals surface area contributed by atoms with Crippen LogP contribution in [0.3, 0.4) is 0 Å². The lowest BCUT2D eigenvalue weighted by atomic mass is 10.1. The molecule has 1 aromatic rings. The van der Waals surface area contributed by atoms with Crippen LogP contribution in [0.25, 0.3) is 0 Å². The molecule has 0 spiro atoms. The largest absolute Gasteiger partial charge is 0.463 e. The summed E-state index contributed by atoms with van der Waals surface area (Å²) >= 11 is 0. The average molecular weight is 340 g/mol. The van der Waals surface area contributed by atoms with Crippen LogP contribution in [-0.2, 0) is 25.5 Å². The Hall–Kier alpha value is -2.77. The molecule has 0 radical (unpaired) electrons. The van der Waals surface area contributed by atoms with Crippen LogP contribution in [-0.4, -0.2) is 30.4 Å². The molecule has 0 unspecified atom stereocenters. The number of carbonyl (C=O) groups excluding carboxylic acids is 3. The second-order valence-corrected chi connectivity index (χ2v) is 4.84. The van der Waals surface area contributed by atoms with Crippen LogP contribution in [0.4, 0.5) is 8.78 Å². The SMILES string of the molecule is CCOC(=O)/C=C/C[C@H](NC(=O)Cc1ccc(F)c(F)c1)C(N)=O. The number of ether oxygens (including phenoxy) is 1. The zero-order valence-electron chi connectivity index (χ0n) is 13.1. The Morgan fingerprint density at radius 1 is 1.29 bits per heavy atom. The van der Waals surface area contributed by atoms with Crippen LogP contribution in [0, 0.1) is 11.6 Å². The Morgan fingerprint density at radius 2 is 2.00 bits per heavy atom. The van der Waals surface area contributed by atoms with Crippen molar-refractivity contribution in [3.63, 3.8) is 0 Å². The van der Waals surface area contributed by atoms with E-state index in [4.69, 9.17) is 5.73 Å². The van der Waals surface area contributed by atoms with Gasteiger partial charge in [0.25, 0.3) is 0 Å². The third kappa shape index (κ3) is 6.55. The summed E-state index contributed by atoms with van der Waals surface area (Å²) in [5.74, 6) is -4.03. The van der Waals surface area contributed by atoms with Crippen molar-refractivity contribution in [2.24, 2.45) is 5.73 Å². The molecule has 1 aromatic carbocycles. The number of amides is 2. The number of carbonyl (C=O) groups is 3. The lowest BCUT2D eigenvalue weighted by Crippen LogP contribution is -2.44.